The van der Waals surface area contributed by atoms with Crippen LogP contribution in [0.4, 0.5) is 5.00 Å². The minimum Gasteiger partial charge on any atom is -0.619 e. The van der Waals surface area contributed by atoms with Gasteiger partial charge in [-0.1, -0.05) is 0 Å². The fraction of sp³-hybridized carbons (Fsp3) is 0.294. The number of primary amides is 1. The van der Waals surface area contributed by atoms with E-state index in [1.54, 1.807) is 0 Å². The van der Waals surface area contributed by atoms with Crippen molar-refractivity contribution in [2.75, 3.05) is 11.9 Å². The molecule has 0 fully saturated rings. The zero-order chi connectivity index (χ0) is 18.7. The molecule has 2 amide bonds. The van der Waals surface area contributed by atoms with E-state index in [0.29, 0.717) is 15.3 Å². The quantitative estimate of drug-likeness (QED) is 0.461. The Hall–Kier alpha value is -2.94. The number of aromatic nitrogens is 1. The van der Waals surface area contributed by atoms with Crippen LogP contribution in [0.25, 0.3) is 0 Å². The fourth-order valence-electron chi connectivity index (χ4n) is 2.87. The van der Waals surface area contributed by atoms with E-state index < -0.39 is 24.4 Å². The number of esters is 1. The second kappa shape index (κ2) is 7.52. The Kier molecular flexibility index (Phi) is 5.17. The summed E-state index contributed by atoms with van der Waals surface area (Å²) in [6.45, 7) is -0.534. The van der Waals surface area contributed by atoms with Crippen LogP contribution in [0.15, 0.2) is 24.5 Å². The van der Waals surface area contributed by atoms with Crippen molar-refractivity contribution in [1.82, 2.24) is 0 Å². The van der Waals surface area contributed by atoms with Gasteiger partial charge in [-0.25, -0.2) is 4.79 Å². The monoisotopic (exact) mass is 375 g/mol. The number of ether oxygens (including phenoxy) is 1. The predicted octanol–water partition coefficient (Wildman–Crippen LogP) is 1.15. The summed E-state index contributed by atoms with van der Waals surface area (Å²) in [4.78, 5) is 36.8. The van der Waals surface area contributed by atoms with Gasteiger partial charge in [0.15, 0.2) is 19.0 Å². The molecule has 0 bridgehead atoms. The molecule has 0 aromatic carbocycles. The largest absolute Gasteiger partial charge is 0.619 e. The van der Waals surface area contributed by atoms with Crippen molar-refractivity contribution in [3.63, 3.8) is 0 Å². The van der Waals surface area contributed by atoms with Crippen LogP contribution >= 0.6 is 11.3 Å². The Bertz CT molecular complexity index is 877. The molecule has 2 aromatic heterocycles. The molecule has 2 aromatic rings. The van der Waals surface area contributed by atoms with Gasteiger partial charge < -0.3 is 21.0 Å². The summed E-state index contributed by atoms with van der Waals surface area (Å²) < 4.78 is 5.37. The molecule has 1 aliphatic carbocycles. The van der Waals surface area contributed by atoms with E-state index >= 15 is 0 Å². The summed E-state index contributed by atoms with van der Waals surface area (Å²) >= 11 is 1.33. The number of rotatable bonds is 5. The fourth-order valence-corrected chi connectivity index (χ4v) is 4.18. The highest BCUT2D eigenvalue weighted by atomic mass is 32.1. The molecule has 0 spiro atoms. The number of amides is 2. The van der Waals surface area contributed by atoms with Gasteiger partial charge in [-0.3, -0.25) is 9.59 Å². The second-order valence-electron chi connectivity index (χ2n) is 5.86. The topological polar surface area (TPSA) is 125 Å². The van der Waals surface area contributed by atoms with E-state index in [1.807, 2.05) is 0 Å². The highest BCUT2D eigenvalue weighted by Crippen LogP contribution is 2.37. The van der Waals surface area contributed by atoms with Crippen LogP contribution in [-0.2, 0) is 22.4 Å². The van der Waals surface area contributed by atoms with E-state index in [2.05, 4.69) is 5.32 Å². The first-order valence-corrected chi connectivity index (χ1v) is 8.87. The molecule has 3 rings (SSSR count). The van der Waals surface area contributed by atoms with Crippen molar-refractivity contribution in [1.29, 1.82) is 0 Å². The molecule has 1 aliphatic rings. The maximum absolute atomic E-state index is 12.1. The Morgan fingerprint density at radius 1 is 1.31 bits per heavy atom. The maximum Gasteiger partial charge on any atom is 0.344 e. The predicted molar refractivity (Wildman–Crippen MR) is 93.8 cm³/mol. The summed E-state index contributed by atoms with van der Waals surface area (Å²) in [6.07, 6.45) is 5.91. The SMILES string of the molecule is NC(=O)c1c(NC(=O)COC(=O)c2ccc[n+]([O-])c2)sc2c1CCCC2. The number of nitrogens with two attached hydrogens (primary N) is 1. The van der Waals surface area contributed by atoms with E-state index in [4.69, 9.17) is 10.5 Å². The number of thiophene rings is 1. The average Bonchev–Trinajstić information content (AvgIpc) is 2.97. The summed E-state index contributed by atoms with van der Waals surface area (Å²) in [6, 6.07) is 2.81. The molecule has 0 radical (unpaired) electrons. The number of aryl methyl sites for hydroxylation is 1. The lowest BCUT2D eigenvalue weighted by molar-refractivity contribution is -0.605. The summed E-state index contributed by atoms with van der Waals surface area (Å²) in [5.41, 5.74) is 6.77. The van der Waals surface area contributed by atoms with Crippen LogP contribution in [0.1, 0.15) is 44.0 Å². The van der Waals surface area contributed by atoms with Gasteiger partial charge in [0.05, 0.1) is 5.56 Å². The number of anilines is 1. The number of nitrogens with one attached hydrogen (secondary N) is 1. The standard InChI is InChI=1S/C17H17N3O5S/c18-15(22)14-11-5-1-2-6-12(11)26-16(14)19-13(21)9-25-17(23)10-4-3-7-20(24)8-10/h3-4,7-8H,1-2,5-6,9H2,(H2,18,22)(H,19,21). The molecule has 0 aliphatic heterocycles. The van der Waals surface area contributed by atoms with E-state index in [-0.39, 0.29) is 5.56 Å². The van der Waals surface area contributed by atoms with E-state index in [1.165, 1.54) is 29.7 Å². The molecule has 9 heteroatoms. The van der Waals surface area contributed by atoms with E-state index in [0.717, 1.165) is 42.3 Å². The molecule has 0 atom stereocenters. The normalized spacial score (nSPS) is 12.9. The van der Waals surface area contributed by atoms with Crippen molar-refractivity contribution in [3.8, 4) is 0 Å². The molecule has 0 saturated heterocycles. The number of carbonyl (C=O) groups is 3. The third-order valence-corrected chi connectivity index (χ3v) is 5.22. The highest BCUT2D eigenvalue weighted by Gasteiger charge is 2.25. The van der Waals surface area contributed by atoms with Crippen LogP contribution in [0, 0.1) is 5.21 Å². The molecular formula is C17H17N3O5S. The van der Waals surface area contributed by atoms with E-state index in [9.17, 15) is 19.6 Å². The Labute approximate surface area is 153 Å². The molecule has 0 unspecified atom stereocenters. The average molecular weight is 375 g/mol. The van der Waals surface area contributed by atoms with Crippen molar-refractivity contribution < 1.29 is 23.9 Å². The number of hydrogen-bond acceptors (Lipinski definition) is 6. The van der Waals surface area contributed by atoms with Gasteiger partial charge >= 0.3 is 5.97 Å². The maximum atomic E-state index is 12.1. The zero-order valence-corrected chi connectivity index (χ0v) is 14.6. The number of carbonyl (C=O) groups excluding carboxylic acids is 3. The lowest BCUT2D eigenvalue weighted by Gasteiger charge is -2.11. The second-order valence-corrected chi connectivity index (χ2v) is 6.96. The molecule has 0 saturated carbocycles. The van der Waals surface area contributed by atoms with Crippen LogP contribution in [-0.4, -0.2) is 24.4 Å². The third-order valence-electron chi connectivity index (χ3n) is 4.02. The van der Waals surface area contributed by atoms with Gasteiger partial charge in [0.2, 0.25) is 0 Å². The van der Waals surface area contributed by atoms with Gasteiger partial charge in [0, 0.05) is 10.9 Å². The smallest absolute Gasteiger partial charge is 0.344 e. The molecule has 3 N–H and O–H groups in total. The Morgan fingerprint density at radius 3 is 2.81 bits per heavy atom. The molecular weight excluding hydrogens is 358 g/mol. The summed E-state index contributed by atoms with van der Waals surface area (Å²) in [5, 5.41) is 14.2. The number of hydrogen-bond donors (Lipinski definition) is 2. The summed E-state index contributed by atoms with van der Waals surface area (Å²) in [5.74, 6) is -1.95. The minimum atomic E-state index is -0.786. The summed E-state index contributed by atoms with van der Waals surface area (Å²) in [7, 11) is 0. The zero-order valence-electron chi connectivity index (χ0n) is 13.8. The third kappa shape index (κ3) is 3.83. The van der Waals surface area contributed by atoms with Crippen molar-refractivity contribution in [3.05, 3.63) is 51.3 Å². The van der Waals surface area contributed by atoms with Crippen molar-refractivity contribution in [2.24, 2.45) is 5.73 Å². The number of nitrogens with zero attached hydrogens (tertiary/aromatic N) is 1. The molecule has 8 nitrogen and oxygen atoms in total. The molecule has 26 heavy (non-hydrogen) atoms. The van der Waals surface area contributed by atoms with Gasteiger partial charge in [0.1, 0.15) is 10.6 Å². The van der Waals surface area contributed by atoms with Gasteiger partial charge in [0.25, 0.3) is 11.8 Å². The molecule has 136 valence electrons. The van der Waals surface area contributed by atoms with Crippen molar-refractivity contribution in [2.45, 2.75) is 25.7 Å². The lowest BCUT2D eigenvalue weighted by Crippen LogP contribution is -2.27. The van der Waals surface area contributed by atoms with Crippen LogP contribution in [0.3, 0.4) is 0 Å². The Morgan fingerprint density at radius 2 is 2.08 bits per heavy atom. The first-order chi connectivity index (χ1) is 12.5. The minimum absolute atomic E-state index is 0.0414. The highest BCUT2D eigenvalue weighted by molar-refractivity contribution is 7.17. The van der Waals surface area contributed by atoms with Crippen LogP contribution in [0.5, 0.6) is 0 Å². The number of pyridine rings is 1. The molecule has 2 heterocycles. The van der Waals surface area contributed by atoms with Gasteiger partial charge in [-0.15, -0.1) is 11.3 Å². The first kappa shape index (κ1) is 17.9. The van der Waals surface area contributed by atoms with Gasteiger partial charge in [-0.2, -0.15) is 4.73 Å². The van der Waals surface area contributed by atoms with Gasteiger partial charge in [-0.05, 0) is 37.3 Å². The Balaban J connectivity index is 1.66. The van der Waals surface area contributed by atoms with Crippen molar-refractivity contribution >= 4 is 34.1 Å². The lowest BCUT2D eigenvalue weighted by atomic mass is 9.95. The first-order valence-electron chi connectivity index (χ1n) is 8.06. The van der Waals surface area contributed by atoms with Crippen LogP contribution in [0.2, 0.25) is 0 Å². The van der Waals surface area contributed by atoms with Crippen LogP contribution < -0.4 is 15.8 Å². The number of fused-ring (bicyclic) bond motifs is 1.